The zero-order valence-corrected chi connectivity index (χ0v) is 18.4. The Labute approximate surface area is 195 Å². The third-order valence-electron chi connectivity index (χ3n) is 5.82. The first-order valence-corrected chi connectivity index (χ1v) is 11.1. The van der Waals surface area contributed by atoms with E-state index in [2.05, 4.69) is 16.5 Å². The van der Waals surface area contributed by atoms with E-state index < -0.39 is 0 Å². The third kappa shape index (κ3) is 4.87. The molecule has 1 N–H and O–H groups in total. The van der Waals surface area contributed by atoms with Crippen LogP contribution in [0.3, 0.4) is 0 Å². The zero-order chi connectivity index (χ0) is 23.5. The number of amides is 1. The van der Waals surface area contributed by atoms with Crippen LogP contribution >= 0.6 is 0 Å². The lowest BCUT2D eigenvalue weighted by Gasteiger charge is -2.25. The third-order valence-corrected chi connectivity index (χ3v) is 5.82. The predicted molar refractivity (Wildman–Crippen MR) is 119 cm³/mol. The molecule has 1 amide bonds. The van der Waals surface area contributed by atoms with Crippen LogP contribution in [0.4, 0.5) is 4.39 Å². The van der Waals surface area contributed by atoms with Crippen molar-refractivity contribution < 1.29 is 23.4 Å². The van der Waals surface area contributed by atoms with E-state index in [1.165, 1.54) is 12.1 Å². The van der Waals surface area contributed by atoms with E-state index >= 15 is 0 Å². The van der Waals surface area contributed by atoms with Crippen LogP contribution < -0.4 is 14.8 Å². The van der Waals surface area contributed by atoms with E-state index in [0.29, 0.717) is 50.7 Å². The summed E-state index contributed by atoms with van der Waals surface area (Å²) >= 11 is 0. The van der Waals surface area contributed by atoms with Crippen LogP contribution in [0.5, 0.6) is 11.6 Å². The topological polar surface area (TPSA) is 98.4 Å². The van der Waals surface area contributed by atoms with Crippen molar-refractivity contribution in [2.24, 2.45) is 0 Å². The maximum Gasteiger partial charge on any atom is 0.272 e. The van der Waals surface area contributed by atoms with Crippen LogP contribution in [0.25, 0.3) is 0 Å². The minimum atomic E-state index is -0.308. The molecule has 174 valence electrons. The summed E-state index contributed by atoms with van der Waals surface area (Å²) in [4.78, 5) is 12.8. The largest absolute Gasteiger partial charge is 0.491 e. The molecule has 3 heterocycles. The molecule has 0 spiro atoms. The van der Waals surface area contributed by atoms with Gasteiger partial charge in [-0.05, 0) is 47.9 Å². The number of hydrogen-bond acceptors (Lipinski definition) is 6. The van der Waals surface area contributed by atoms with Crippen molar-refractivity contribution in [3.8, 4) is 17.7 Å². The number of nitrogens with one attached hydrogen (secondary N) is 1. The molecular weight excluding hydrogens is 439 g/mol. The van der Waals surface area contributed by atoms with Gasteiger partial charge in [0, 0.05) is 19.0 Å². The second-order valence-corrected chi connectivity index (χ2v) is 8.38. The zero-order valence-electron chi connectivity index (χ0n) is 18.4. The van der Waals surface area contributed by atoms with Gasteiger partial charge in [-0.25, -0.2) is 9.07 Å². The van der Waals surface area contributed by atoms with E-state index in [9.17, 15) is 9.18 Å². The van der Waals surface area contributed by atoms with Gasteiger partial charge in [-0.2, -0.15) is 10.4 Å². The van der Waals surface area contributed by atoms with Crippen molar-refractivity contribution in [2.75, 3.05) is 13.2 Å². The quantitative estimate of drug-likeness (QED) is 0.605. The summed E-state index contributed by atoms with van der Waals surface area (Å²) in [7, 11) is 0. The van der Waals surface area contributed by atoms with Crippen molar-refractivity contribution >= 4 is 5.91 Å². The van der Waals surface area contributed by atoms with Crippen molar-refractivity contribution in [2.45, 2.75) is 38.1 Å². The van der Waals surface area contributed by atoms with Gasteiger partial charge in [0.05, 0.1) is 30.9 Å². The molecule has 0 bridgehead atoms. The van der Waals surface area contributed by atoms with Gasteiger partial charge < -0.3 is 19.5 Å². The van der Waals surface area contributed by atoms with Crippen molar-refractivity contribution in [3.63, 3.8) is 0 Å². The van der Waals surface area contributed by atoms with Crippen molar-refractivity contribution in [1.82, 2.24) is 15.1 Å². The molecule has 1 unspecified atom stereocenters. The van der Waals surface area contributed by atoms with Crippen LogP contribution in [0, 0.1) is 17.1 Å². The molecule has 2 aliphatic rings. The van der Waals surface area contributed by atoms with Crippen LogP contribution in [0.2, 0.25) is 0 Å². The van der Waals surface area contributed by atoms with E-state index in [-0.39, 0.29) is 29.6 Å². The van der Waals surface area contributed by atoms with E-state index in [4.69, 9.17) is 19.5 Å². The fourth-order valence-corrected chi connectivity index (χ4v) is 4.13. The number of nitrogens with zero attached hydrogens (tertiary/aromatic N) is 3. The molecule has 0 saturated carbocycles. The summed E-state index contributed by atoms with van der Waals surface area (Å²) < 4.78 is 32.3. The SMILES string of the molecule is N#Cc1ccc2c(c1)C[C@@H](NC(=O)c1cc3n(n1)CCC(COCc1cccc(F)c1)O3)CO2. The summed E-state index contributed by atoms with van der Waals surface area (Å²) in [6, 6.07) is 15.1. The fourth-order valence-electron chi connectivity index (χ4n) is 4.13. The van der Waals surface area contributed by atoms with E-state index in [1.54, 1.807) is 35.0 Å². The smallest absolute Gasteiger partial charge is 0.272 e. The Hall–Kier alpha value is -3.90. The number of fused-ring (bicyclic) bond motifs is 2. The number of ether oxygens (including phenoxy) is 3. The summed E-state index contributed by atoms with van der Waals surface area (Å²) in [5.41, 5.74) is 2.48. The highest BCUT2D eigenvalue weighted by molar-refractivity contribution is 5.92. The van der Waals surface area contributed by atoms with Gasteiger partial charge in [0.15, 0.2) is 5.69 Å². The number of nitriles is 1. The molecule has 0 saturated heterocycles. The van der Waals surface area contributed by atoms with Gasteiger partial charge in [0.2, 0.25) is 5.88 Å². The standard InChI is InChI=1S/C25H23FN4O4/c26-19-3-1-2-17(9-19)13-32-15-21-6-7-30-24(34-21)11-22(29-30)25(31)28-20-10-18-8-16(12-27)4-5-23(18)33-14-20/h1-5,8-9,11,20-21H,6-7,10,13-15H2,(H,28,31)/t20-,21?/m1/s1. The highest BCUT2D eigenvalue weighted by Gasteiger charge is 2.27. The number of rotatable bonds is 6. The summed E-state index contributed by atoms with van der Waals surface area (Å²) in [5, 5.41) is 16.4. The first-order valence-electron chi connectivity index (χ1n) is 11.1. The number of aromatic nitrogens is 2. The maximum absolute atomic E-state index is 13.3. The number of hydrogen-bond donors (Lipinski definition) is 1. The number of aryl methyl sites for hydroxylation is 1. The second kappa shape index (κ2) is 9.53. The van der Waals surface area contributed by atoms with Crippen LogP contribution in [0.1, 0.15) is 33.6 Å². The Morgan fingerprint density at radius 2 is 2.21 bits per heavy atom. The molecule has 9 heteroatoms. The van der Waals surface area contributed by atoms with Gasteiger partial charge in [-0.15, -0.1) is 0 Å². The highest BCUT2D eigenvalue weighted by Crippen LogP contribution is 2.26. The van der Waals surface area contributed by atoms with Gasteiger partial charge in [-0.1, -0.05) is 12.1 Å². The molecule has 2 aliphatic heterocycles. The Morgan fingerprint density at radius 3 is 3.06 bits per heavy atom. The average molecular weight is 462 g/mol. The molecule has 8 nitrogen and oxygen atoms in total. The van der Waals surface area contributed by atoms with Gasteiger partial charge >= 0.3 is 0 Å². The van der Waals surface area contributed by atoms with Crippen LogP contribution in [-0.4, -0.2) is 41.0 Å². The Kier molecular flexibility index (Phi) is 6.14. The molecule has 0 aliphatic carbocycles. The van der Waals surface area contributed by atoms with Crippen molar-refractivity contribution in [1.29, 1.82) is 5.26 Å². The molecule has 3 aromatic rings. The lowest BCUT2D eigenvalue weighted by Crippen LogP contribution is -2.42. The molecule has 2 aromatic carbocycles. The Bertz CT molecular complexity index is 1250. The summed E-state index contributed by atoms with van der Waals surface area (Å²) in [6.07, 6.45) is 1.09. The fraction of sp³-hybridized carbons (Fsp3) is 0.320. The predicted octanol–water partition coefficient (Wildman–Crippen LogP) is 3.00. The molecule has 34 heavy (non-hydrogen) atoms. The minimum Gasteiger partial charge on any atom is -0.491 e. The normalized spacial score (nSPS) is 18.6. The number of carbonyl (C=O) groups is 1. The summed E-state index contributed by atoms with van der Waals surface area (Å²) in [5.74, 6) is 0.652. The van der Waals surface area contributed by atoms with E-state index in [1.807, 2.05) is 6.07 Å². The Balaban J connectivity index is 1.15. The molecule has 1 aromatic heterocycles. The van der Waals surface area contributed by atoms with Crippen LogP contribution in [0.15, 0.2) is 48.5 Å². The summed E-state index contributed by atoms with van der Waals surface area (Å²) in [6.45, 7) is 1.60. The molecule has 2 atom stereocenters. The number of halogens is 1. The number of carbonyl (C=O) groups excluding carboxylic acids is 1. The average Bonchev–Trinajstić information content (AvgIpc) is 3.27. The van der Waals surface area contributed by atoms with Crippen molar-refractivity contribution in [3.05, 3.63) is 76.7 Å². The Morgan fingerprint density at radius 1 is 1.29 bits per heavy atom. The van der Waals surface area contributed by atoms with E-state index in [0.717, 1.165) is 16.9 Å². The lowest BCUT2D eigenvalue weighted by molar-refractivity contribution is 0.0186. The lowest BCUT2D eigenvalue weighted by atomic mass is 10.0. The van der Waals surface area contributed by atoms with Gasteiger partial charge in [-0.3, -0.25) is 4.79 Å². The first kappa shape index (κ1) is 21.9. The monoisotopic (exact) mass is 462 g/mol. The van der Waals surface area contributed by atoms with Gasteiger partial charge in [0.1, 0.15) is 24.3 Å². The minimum absolute atomic E-state index is 0.175. The van der Waals surface area contributed by atoms with Gasteiger partial charge in [0.25, 0.3) is 5.91 Å². The molecule has 0 fully saturated rings. The number of benzene rings is 2. The molecule has 5 rings (SSSR count). The maximum atomic E-state index is 13.3. The van der Waals surface area contributed by atoms with Crippen LogP contribution in [-0.2, 0) is 24.3 Å². The molecule has 0 radical (unpaired) electrons. The first-order chi connectivity index (χ1) is 16.6. The molecular formula is C25H23FN4O4. The second-order valence-electron chi connectivity index (χ2n) is 8.38. The highest BCUT2D eigenvalue weighted by atomic mass is 19.1.